The fraction of sp³-hybridized carbons (Fsp3) is 0.655. The minimum atomic E-state index is -0.912. The molecule has 1 amide bonds. The van der Waals surface area contributed by atoms with Gasteiger partial charge in [0.05, 0.1) is 18.7 Å². The van der Waals surface area contributed by atoms with Gasteiger partial charge < -0.3 is 24.8 Å². The van der Waals surface area contributed by atoms with Gasteiger partial charge in [0.2, 0.25) is 5.91 Å². The topological polar surface area (TPSA) is 122 Å². The minimum absolute atomic E-state index is 0.243. The molecule has 0 aliphatic carbocycles. The fourth-order valence-corrected chi connectivity index (χ4v) is 5.58. The number of halogens is 1. The summed E-state index contributed by atoms with van der Waals surface area (Å²) in [4.78, 5) is 21.0. The number of hydrogen-bond acceptors (Lipinski definition) is 8. The normalized spacial score (nSPS) is 20.6. The predicted octanol–water partition coefficient (Wildman–Crippen LogP) is 4.60. The van der Waals surface area contributed by atoms with Crippen LogP contribution in [0.5, 0.6) is 5.75 Å². The van der Waals surface area contributed by atoms with Crippen molar-refractivity contribution in [3.05, 3.63) is 35.4 Å². The number of rotatable bonds is 10. The third kappa shape index (κ3) is 6.70. The van der Waals surface area contributed by atoms with Crippen molar-refractivity contribution in [2.45, 2.75) is 83.7 Å². The molecule has 2 aliphatic heterocycles. The second-order valence-corrected chi connectivity index (χ2v) is 11.3. The van der Waals surface area contributed by atoms with Gasteiger partial charge in [-0.05, 0) is 55.6 Å². The lowest BCUT2D eigenvalue weighted by Gasteiger charge is -2.33. The maximum Gasteiger partial charge on any atom is 0.324 e. The average molecular weight is 541 g/mol. The molecule has 4 rings (SSSR count). The maximum atomic E-state index is 15.0. The van der Waals surface area contributed by atoms with E-state index in [0.29, 0.717) is 48.7 Å². The third-order valence-electron chi connectivity index (χ3n) is 8.38. The van der Waals surface area contributed by atoms with Gasteiger partial charge in [0, 0.05) is 37.5 Å². The molecular formula is C29H41FN6O3. The van der Waals surface area contributed by atoms with Crippen LogP contribution >= 0.6 is 0 Å². The number of piperidine rings is 1. The number of ether oxygens (including phenoxy) is 1. The molecular weight excluding hydrogens is 499 g/mol. The van der Waals surface area contributed by atoms with Crippen molar-refractivity contribution in [2.75, 3.05) is 31.1 Å². The number of anilines is 1. The standard InChI is InChI=1S/C29H41FN6O3/c1-18(2)27-33-29(39-34-27)35-13-9-21(10-14-35)19(3)11-15-38-23-7-8-24(25(30)16-23)20(4)26(32)28(37)36-12-5-6-22(36)17-31/h7-8,16,18-22,26H,5-6,9-15,32H2,1-4H3/t19?,20-,22?,26-/m0/s1. The number of nitrogens with two attached hydrogens (primary N) is 1. The highest BCUT2D eigenvalue weighted by molar-refractivity contribution is 5.83. The van der Waals surface area contributed by atoms with Crippen molar-refractivity contribution >= 4 is 11.9 Å². The van der Waals surface area contributed by atoms with Gasteiger partial charge in [-0.3, -0.25) is 4.79 Å². The summed E-state index contributed by atoms with van der Waals surface area (Å²) in [5.41, 5.74) is 6.59. The van der Waals surface area contributed by atoms with Crippen LogP contribution in [0.2, 0.25) is 0 Å². The van der Waals surface area contributed by atoms with E-state index in [1.165, 1.54) is 11.0 Å². The van der Waals surface area contributed by atoms with Crippen molar-refractivity contribution in [1.82, 2.24) is 15.0 Å². The Hall–Kier alpha value is -3.19. The Bertz CT molecular complexity index is 1160. The molecule has 0 spiro atoms. The number of aromatic nitrogens is 2. The Balaban J connectivity index is 1.23. The molecule has 39 heavy (non-hydrogen) atoms. The van der Waals surface area contributed by atoms with Crippen LogP contribution in [0.25, 0.3) is 0 Å². The molecule has 9 nitrogen and oxygen atoms in total. The Kier molecular flexibility index (Phi) is 9.44. The fourth-order valence-electron chi connectivity index (χ4n) is 5.58. The van der Waals surface area contributed by atoms with E-state index in [1.807, 2.05) is 13.8 Å². The summed E-state index contributed by atoms with van der Waals surface area (Å²) >= 11 is 0. The second-order valence-electron chi connectivity index (χ2n) is 11.3. The summed E-state index contributed by atoms with van der Waals surface area (Å²) in [6, 6.07) is 6.16. The number of amides is 1. The average Bonchev–Trinajstić information content (AvgIpc) is 3.62. The summed E-state index contributed by atoms with van der Waals surface area (Å²) in [6.45, 7) is 10.9. The van der Waals surface area contributed by atoms with Crippen LogP contribution in [-0.2, 0) is 4.79 Å². The number of carbonyl (C=O) groups excluding carboxylic acids is 1. The van der Waals surface area contributed by atoms with Gasteiger partial charge in [0.25, 0.3) is 0 Å². The molecule has 0 bridgehead atoms. The van der Waals surface area contributed by atoms with Gasteiger partial charge >= 0.3 is 6.01 Å². The smallest absolute Gasteiger partial charge is 0.324 e. The first kappa shape index (κ1) is 28.8. The van der Waals surface area contributed by atoms with Crippen LogP contribution in [0.15, 0.2) is 22.7 Å². The van der Waals surface area contributed by atoms with Gasteiger partial charge in [-0.1, -0.05) is 38.9 Å². The summed E-state index contributed by atoms with van der Waals surface area (Å²) < 4.78 is 26.3. The van der Waals surface area contributed by atoms with Gasteiger partial charge in [-0.25, -0.2) is 4.39 Å². The summed E-state index contributed by atoms with van der Waals surface area (Å²) in [5, 5.41) is 13.3. The van der Waals surface area contributed by atoms with Crippen LogP contribution in [0, 0.1) is 29.0 Å². The van der Waals surface area contributed by atoms with E-state index in [9.17, 15) is 10.1 Å². The van der Waals surface area contributed by atoms with E-state index < -0.39 is 23.8 Å². The number of hydrogen-bond donors (Lipinski definition) is 1. The largest absolute Gasteiger partial charge is 0.493 e. The monoisotopic (exact) mass is 540 g/mol. The predicted molar refractivity (Wildman–Crippen MR) is 146 cm³/mol. The molecule has 2 saturated heterocycles. The lowest BCUT2D eigenvalue weighted by Crippen LogP contribution is -2.48. The lowest BCUT2D eigenvalue weighted by atomic mass is 9.84. The molecule has 2 aliphatic rings. The first-order valence-corrected chi connectivity index (χ1v) is 14.2. The zero-order valence-corrected chi connectivity index (χ0v) is 23.5. The van der Waals surface area contributed by atoms with Crippen LogP contribution in [0.3, 0.4) is 0 Å². The molecule has 2 fully saturated rings. The van der Waals surface area contributed by atoms with E-state index >= 15 is 4.39 Å². The number of benzene rings is 1. The van der Waals surface area contributed by atoms with Gasteiger partial charge in [-0.2, -0.15) is 10.2 Å². The molecule has 2 unspecified atom stereocenters. The Morgan fingerprint density at radius 1 is 1.23 bits per heavy atom. The number of carbonyl (C=O) groups is 1. The van der Waals surface area contributed by atoms with Crippen LogP contribution < -0.4 is 15.4 Å². The molecule has 1 aromatic heterocycles. The Morgan fingerprint density at radius 3 is 2.62 bits per heavy atom. The Morgan fingerprint density at radius 2 is 1.97 bits per heavy atom. The van der Waals surface area contributed by atoms with Crippen molar-refractivity contribution in [3.8, 4) is 11.8 Å². The molecule has 1 aromatic carbocycles. The molecule has 4 atom stereocenters. The molecule has 2 N–H and O–H groups in total. The lowest BCUT2D eigenvalue weighted by molar-refractivity contribution is -0.133. The number of nitriles is 1. The number of likely N-dealkylation sites (tertiary alicyclic amines) is 1. The summed E-state index contributed by atoms with van der Waals surface area (Å²) in [6.07, 6.45) is 4.40. The van der Waals surface area contributed by atoms with Crippen molar-refractivity contribution < 1.29 is 18.4 Å². The SMILES string of the molecule is CC(C)c1noc(N2CCC(C(C)CCOc3ccc([C@H](C)[C@H](N)C(=O)N4CCCC4C#N)c(F)c3)CC2)n1. The van der Waals surface area contributed by atoms with E-state index in [0.717, 1.165) is 44.6 Å². The molecule has 0 radical (unpaired) electrons. The molecule has 212 valence electrons. The third-order valence-corrected chi connectivity index (χ3v) is 8.38. The molecule has 0 saturated carbocycles. The maximum absolute atomic E-state index is 15.0. The van der Waals surface area contributed by atoms with Gasteiger partial charge in [-0.15, -0.1) is 0 Å². The second kappa shape index (κ2) is 12.8. The number of nitrogens with zero attached hydrogens (tertiary/aromatic N) is 5. The Labute approximate surface area is 230 Å². The van der Waals surface area contributed by atoms with Crippen molar-refractivity contribution in [2.24, 2.45) is 17.6 Å². The summed E-state index contributed by atoms with van der Waals surface area (Å²) in [5.74, 6) is 1.22. The van der Waals surface area contributed by atoms with Crippen LogP contribution in [0.1, 0.15) is 83.0 Å². The van der Waals surface area contributed by atoms with E-state index in [2.05, 4.69) is 28.0 Å². The highest BCUT2D eigenvalue weighted by atomic mass is 19.1. The first-order valence-electron chi connectivity index (χ1n) is 14.2. The highest BCUT2D eigenvalue weighted by Crippen LogP contribution is 2.31. The zero-order valence-electron chi connectivity index (χ0n) is 23.5. The zero-order chi connectivity index (χ0) is 28.1. The van der Waals surface area contributed by atoms with E-state index in [-0.39, 0.29) is 11.8 Å². The quantitative estimate of drug-likeness (QED) is 0.464. The minimum Gasteiger partial charge on any atom is -0.493 e. The van der Waals surface area contributed by atoms with Crippen LogP contribution in [0.4, 0.5) is 10.4 Å². The van der Waals surface area contributed by atoms with Crippen molar-refractivity contribution in [3.63, 3.8) is 0 Å². The molecule has 3 heterocycles. The molecule has 2 aromatic rings. The first-order chi connectivity index (χ1) is 18.7. The van der Waals surface area contributed by atoms with Crippen LogP contribution in [-0.4, -0.2) is 59.3 Å². The highest BCUT2D eigenvalue weighted by Gasteiger charge is 2.35. The molecule has 10 heteroatoms. The van der Waals surface area contributed by atoms with Crippen molar-refractivity contribution in [1.29, 1.82) is 5.26 Å². The summed E-state index contributed by atoms with van der Waals surface area (Å²) in [7, 11) is 0. The van der Waals surface area contributed by atoms with Gasteiger partial charge in [0.15, 0.2) is 5.82 Å². The van der Waals surface area contributed by atoms with Gasteiger partial charge in [0.1, 0.15) is 17.6 Å². The van der Waals surface area contributed by atoms with E-state index in [1.54, 1.807) is 19.1 Å². The van der Waals surface area contributed by atoms with E-state index in [4.69, 9.17) is 15.0 Å².